The average Bonchev–Trinajstić information content (AvgIpc) is 2.37. The number of nitrogens with one attached hydrogen (secondary N) is 2. The van der Waals surface area contributed by atoms with E-state index in [1.165, 1.54) is 0 Å². The molecule has 1 aliphatic rings. The SMILES string of the molecule is CC1(CNC(=O)c2c(Cl)cccc2Cl)CCNCC1. The number of amides is 1. The van der Waals surface area contributed by atoms with Gasteiger partial charge in [0.2, 0.25) is 0 Å². The molecule has 2 rings (SSSR count). The first-order chi connectivity index (χ1) is 9.02. The Morgan fingerprint density at radius 1 is 1.32 bits per heavy atom. The molecular weight excluding hydrogens is 283 g/mol. The summed E-state index contributed by atoms with van der Waals surface area (Å²) < 4.78 is 0. The van der Waals surface area contributed by atoms with Crippen LogP contribution in [0.25, 0.3) is 0 Å². The minimum absolute atomic E-state index is 0.147. The van der Waals surface area contributed by atoms with Crippen molar-refractivity contribution in [3.8, 4) is 0 Å². The topological polar surface area (TPSA) is 41.1 Å². The van der Waals surface area contributed by atoms with Crippen molar-refractivity contribution >= 4 is 29.1 Å². The molecule has 5 heteroatoms. The van der Waals surface area contributed by atoms with Gasteiger partial charge in [0.15, 0.2) is 0 Å². The summed E-state index contributed by atoms with van der Waals surface area (Å²) in [4.78, 5) is 12.2. The Morgan fingerprint density at radius 2 is 1.89 bits per heavy atom. The first-order valence-electron chi connectivity index (χ1n) is 6.45. The summed E-state index contributed by atoms with van der Waals surface area (Å²) in [5.74, 6) is -0.199. The van der Waals surface area contributed by atoms with Crippen LogP contribution in [0.5, 0.6) is 0 Å². The van der Waals surface area contributed by atoms with Gasteiger partial charge in [-0.15, -0.1) is 0 Å². The van der Waals surface area contributed by atoms with Gasteiger partial charge >= 0.3 is 0 Å². The fourth-order valence-electron chi connectivity index (χ4n) is 2.30. The van der Waals surface area contributed by atoms with Crippen LogP contribution in [0.4, 0.5) is 0 Å². The standard InChI is InChI=1S/C14H18Cl2N2O/c1-14(5-7-17-8-6-14)9-18-13(19)12-10(15)3-2-4-11(12)16/h2-4,17H,5-9H2,1H3,(H,18,19). The normalized spacial score (nSPS) is 18.1. The predicted octanol–water partition coefficient (Wildman–Crippen LogP) is 3.11. The molecule has 0 spiro atoms. The molecule has 0 aromatic heterocycles. The zero-order valence-corrected chi connectivity index (χ0v) is 12.4. The van der Waals surface area contributed by atoms with Gasteiger partial charge in [-0.2, -0.15) is 0 Å². The van der Waals surface area contributed by atoms with E-state index >= 15 is 0 Å². The molecule has 0 radical (unpaired) electrons. The Morgan fingerprint density at radius 3 is 2.47 bits per heavy atom. The second-order valence-electron chi connectivity index (χ2n) is 5.34. The Kier molecular flexibility index (Phi) is 4.71. The summed E-state index contributed by atoms with van der Waals surface area (Å²) in [6.07, 6.45) is 2.12. The van der Waals surface area contributed by atoms with Gasteiger partial charge in [-0.05, 0) is 43.5 Å². The highest BCUT2D eigenvalue weighted by Gasteiger charge is 2.27. The molecule has 1 aromatic rings. The van der Waals surface area contributed by atoms with Crippen molar-refractivity contribution in [1.29, 1.82) is 0 Å². The summed E-state index contributed by atoms with van der Waals surface area (Å²) in [7, 11) is 0. The number of piperidine rings is 1. The highest BCUT2D eigenvalue weighted by atomic mass is 35.5. The number of rotatable bonds is 3. The molecule has 1 aliphatic heterocycles. The van der Waals surface area contributed by atoms with Crippen molar-refractivity contribution < 1.29 is 4.79 Å². The van der Waals surface area contributed by atoms with E-state index in [0.717, 1.165) is 25.9 Å². The van der Waals surface area contributed by atoms with E-state index in [9.17, 15) is 4.79 Å². The minimum Gasteiger partial charge on any atom is -0.351 e. The van der Waals surface area contributed by atoms with E-state index in [2.05, 4.69) is 17.6 Å². The van der Waals surface area contributed by atoms with Crippen LogP contribution in [0.15, 0.2) is 18.2 Å². The maximum absolute atomic E-state index is 12.2. The minimum atomic E-state index is -0.199. The van der Waals surface area contributed by atoms with Crippen molar-refractivity contribution in [2.45, 2.75) is 19.8 Å². The van der Waals surface area contributed by atoms with E-state index in [4.69, 9.17) is 23.2 Å². The smallest absolute Gasteiger partial charge is 0.254 e. The molecular formula is C14H18Cl2N2O. The predicted molar refractivity (Wildman–Crippen MR) is 79.0 cm³/mol. The lowest BCUT2D eigenvalue weighted by molar-refractivity contribution is 0.0922. The van der Waals surface area contributed by atoms with Gasteiger partial charge in [-0.25, -0.2) is 0 Å². The molecule has 0 aliphatic carbocycles. The second kappa shape index (κ2) is 6.12. The number of hydrogen-bond acceptors (Lipinski definition) is 2. The van der Waals surface area contributed by atoms with E-state index in [1.807, 2.05) is 0 Å². The fraction of sp³-hybridized carbons (Fsp3) is 0.500. The van der Waals surface area contributed by atoms with Crippen LogP contribution in [0, 0.1) is 5.41 Å². The van der Waals surface area contributed by atoms with Gasteiger partial charge in [0.05, 0.1) is 15.6 Å². The Balaban J connectivity index is 2.01. The van der Waals surface area contributed by atoms with Crippen LogP contribution >= 0.6 is 23.2 Å². The molecule has 1 saturated heterocycles. The van der Waals surface area contributed by atoms with Crippen molar-refractivity contribution in [2.24, 2.45) is 5.41 Å². The number of halogens is 2. The molecule has 0 unspecified atom stereocenters. The van der Waals surface area contributed by atoms with Crippen LogP contribution in [0.1, 0.15) is 30.1 Å². The van der Waals surface area contributed by atoms with E-state index in [-0.39, 0.29) is 11.3 Å². The molecule has 1 amide bonds. The lowest BCUT2D eigenvalue weighted by Gasteiger charge is -2.34. The first-order valence-corrected chi connectivity index (χ1v) is 7.20. The van der Waals surface area contributed by atoms with Gasteiger partial charge in [0.25, 0.3) is 5.91 Å². The van der Waals surface area contributed by atoms with Crippen LogP contribution < -0.4 is 10.6 Å². The van der Waals surface area contributed by atoms with Crippen LogP contribution in [-0.2, 0) is 0 Å². The third-order valence-corrected chi connectivity index (χ3v) is 4.31. The first kappa shape index (κ1) is 14.6. The molecule has 3 nitrogen and oxygen atoms in total. The van der Waals surface area contributed by atoms with Crippen LogP contribution in [0.2, 0.25) is 10.0 Å². The zero-order valence-electron chi connectivity index (χ0n) is 10.9. The Bertz CT molecular complexity index is 450. The lowest BCUT2D eigenvalue weighted by Crippen LogP contribution is -2.43. The van der Waals surface area contributed by atoms with Gasteiger partial charge in [0.1, 0.15) is 0 Å². The fourth-order valence-corrected chi connectivity index (χ4v) is 2.87. The van der Waals surface area contributed by atoms with Crippen molar-refractivity contribution in [3.05, 3.63) is 33.8 Å². The van der Waals surface area contributed by atoms with Gasteiger partial charge in [0, 0.05) is 6.54 Å². The third-order valence-electron chi connectivity index (χ3n) is 3.68. The second-order valence-corrected chi connectivity index (χ2v) is 6.15. The summed E-state index contributed by atoms with van der Waals surface area (Å²) in [6, 6.07) is 5.08. The van der Waals surface area contributed by atoms with E-state index in [1.54, 1.807) is 18.2 Å². The molecule has 0 atom stereocenters. The number of carbonyl (C=O) groups excluding carboxylic acids is 1. The van der Waals surface area contributed by atoms with Crippen molar-refractivity contribution in [2.75, 3.05) is 19.6 Å². The maximum atomic E-state index is 12.2. The largest absolute Gasteiger partial charge is 0.351 e. The monoisotopic (exact) mass is 300 g/mol. The molecule has 0 saturated carbocycles. The molecule has 19 heavy (non-hydrogen) atoms. The number of carbonyl (C=O) groups is 1. The van der Waals surface area contributed by atoms with Crippen LogP contribution in [-0.4, -0.2) is 25.5 Å². The maximum Gasteiger partial charge on any atom is 0.254 e. The molecule has 2 N–H and O–H groups in total. The van der Waals surface area contributed by atoms with Crippen molar-refractivity contribution in [3.63, 3.8) is 0 Å². The third kappa shape index (κ3) is 3.62. The van der Waals surface area contributed by atoms with Crippen LogP contribution in [0.3, 0.4) is 0 Å². The Hall–Kier alpha value is -0.770. The van der Waals surface area contributed by atoms with E-state index < -0.39 is 0 Å². The Labute approximate surface area is 123 Å². The van der Waals surface area contributed by atoms with Crippen molar-refractivity contribution in [1.82, 2.24) is 10.6 Å². The summed E-state index contributed by atoms with van der Waals surface area (Å²) in [6.45, 7) is 4.84. The van der Waals surface area contributed by atoms with E-state index in [0.29, 0.717) is 22.2 Å². The van der Waals surface area contributed by atoms with Gasteiger partial charge in [-0.1, -0.05) is 36.2 Å². The zero-order chi connectivity index (χ0) is 13.9. The quantitative estimate of drug-likeness (QED) is 0.900. The summed E-state index contributed by atoms with van der Waals surface area (Å²) in [5.41, 5.74) is 0.512. The summed E-state index contributed by atoms with van der Waals surface area (Å²) >= 11 is 12.1. The molecule has 1 fully saturated rings. The molecule has 0 bridgehead atoms. The highest BCUT2D eigenvalue weighted by molar-refractivity contribution is 6.39. The lowest BCUT2D eigenvalue weighted by atomic mass is 9.81. The molecule has 104 valence electrons. The molecule has 1 heterocycles. The number of benzene rings is 1. The molecule has 1 aromatic carbocycles. The average molecular weight is 301 g/mol. The number of hydrogen-bond donors (Lipinski definition) is 2. The van der Waals surface area contributed by atoms with Gasteiger partial charge < -0.3 is 10.6 Å². The van der Waals surface area contributed by atoms with Gasteiger partial charge in [-0.3, -0.25) is 4.79 Å². The highest BCUT2D eigenvalue weighted by Crippen LogP contribution is 2.28. The summed E-state index contributed by atoms with van der Waals surface area (Å²) in [5, 5.41) is 7.06.